The molecule has 1 atom stereocenters. The van der Waals surface area contributed by atoms with Crippen LogP contribution in [0.2, 0.25) is 0 Å². The first-order chi connectivity index (χ1) is 11.1. The van der Waals surface area contributed by atoms with Crippen LogP contribution in [-0.2, 0) is 4.74 Å². The van der Waals surface area contributed by atoms with Crippen LogP contribution in [0.3, 0.4) is 0 Å². The Labute approximate surface area is 141 Å². The number of aryl methyl sites for hydroxylation is 1. The second-order valence-corrected chi connectivity index (χ2v) is 5.78. The molecule has 2 aromatic rings. The fourth-order valence-electron chi connectivity index (χ4n) is 2.37. The Bertz CT molecular complexity index is 739. The molecule has 118 valence electrons. The SMILES string of the molecule is COc1ccc(C2OC(c3ccc(C)cc3)=NC(=S)N2C)cc1. The van der Waals surface area contributed by atoms with Crippen molar-refractivity contribution >= 4 is 23.2 Å². The van der Waals surface area contributed by atoms with Gasteiger partial charge in [0.1, 0.15) is 5.75 Å². The molecule has 0 bridgehead atoms. The minimum atomic E-state index is -0.304. The molecule has 23 heavy (non-hydrogen) atoms. The smallest absolute Gasteiger partial charge is 0.225 e. The van der Waals surface area contributed by atoms with Crippen molar-refractivity contribution in [2.45, 2.75) is 13.2 Å². The predicted octanol–water partition coefficient (Wildman–Crippen LogP) is 3.70. The van der Waals surface area contributed by atoms with Gasteiger partial charge in [0.15, 0.2) is 0 Å². The molecule has 4 nitrogen and oxygen atoms in total. The van der Waals surface area contributed by atoms with Crippen molar-refractivity contribution in [1.29, 1.82) is 0 Å². The highest BCUT2D eigenvalue weighted by molar-refractivity contribution is 7.80. The highest BCUT2D eigenvalue weighted by Gasteiger charge is 2.28. The molecule has 0 amide bonds. The molecule has 0 spiro atoms. The highest BCUT2D eigenvalue weighted by atomic mass is 32.1. The summed E-state index contributed by atoms with van der Waals surface area (Å²) in [7, 11) is 3.53. The van der Waals surface area contributed by atoms with Gasteiger partial charge in [-0.25, -0.2) is 0 Å². The molecular weight excluding hydrogens is 308 g/mol. The van der Waals surface area contributed by atoms with Gasteiger partial charge in [-0.1, -0.05) is 17.7 Å². The van der Waals surface area contributed by atoms with Gasteiger partial charge in [0, 0.05) is 18.2 Å². The minimum Gasteiger partial charge on any atom is -0.497 e. The minimum absolute atomic E-state index is 0.304. The van der Waals surface area contributed by atoms with Gasteiger partial charge in [-0.05, 0) is 55.5 Å². The first kappa shape index (κ1) is 15.5. The molecule has 5 heteroatoms. The average molecular weight is 326 g/mol. The van der Waals surface area contributed by atoms with E-state index in [1.807, 2.05) is 67.4 Å². The lowest BCUT2D eigenvalue weighted by molar-refractivity contribution is 0.0757. The summed E-state index contributed by atoms with van der Waals surface area (Å²) in [5, 5.41) is 0.507. The van der Waals surface area contributed by atoms with Gasteiger partial charge in [-0.3, -0.25) is 0 Å². The van der Waals surface area contributed by atoms with Crippen LogP contribution in [0, 0.1) is 6.92 Å². The molecule has 1 heterocycles. The zero-order chi connectivity index (χ0) is 16.4. The van der Waals surface area contributed by atoms with Crippen LogP contribution in [0.25, 0.3) is 0 Å². The first-order valence-corrected chi connectivity index (χ1v) is 7.72. The van der Waals surface area contributed by atoms with Crippen molar-refractivity contribution in [2.24, 2.45) is 4.99 Å². The molecule has 0 aliphatic carbocycles. The van der Waals surface area contributed by atoms with E-state index in [2.05, 4.69) is 4.99 Å². The highest BCUT2D eigenvalue weighted by Crippen LogP contribution is 2.28. The Morgan fingerprint density at radius 1 is 1.09 bits per heavy atom. The van der Waals surface area contributed by atoms with E-state index in [9.17, 15) is 0 Å². The molecule has 0 saturated carbocycles. The van der Waals surface area contributed by atoms with Crippen molar-refractivity contribution in [2.75, 3.05) is 14.2 Å². The third kappa shape index (κ3) is 3.19. The Kier molecular flexibility index (Phi) is 4.30. The third-order valence-corrected chi connectivity index (χ3v) is 4.15. The molecule has 0 radical (unpaired) electrons. The molecule has 0 fully saturated rings. The Morgan fingerprint density at radius 2 is 1.74 bits per heavy atom. The molecular formula is C18H18N2O2S. The van der Waals surface area contributed by atoms with Gasteiger partial charge in [0.2, 0.25) is 17.2 Å². The van der Waals surface area contributed by atoms with Gasteiger partial charge in [0.25, 0.3) is 0 Å². The van der Waals surface area contributed by atoms with Crippen LogP contribution in [0.15, 0.2) is 53.5 Å². The monoisotopic (exact) mass is 326 g/mol. The fourth-order valence-corrected chi connectivity index (χ4v) is 2.54. The second-order valence-electron chi connectivity index (χ2n) is 5.42. The summed E-state index contributed by atoms with van der Waals surface area (Å²) in [6.07, 6.45) is -0.304. The van der Waals surface area contributed by atoms with Crippen molar-refractivity contribution in [3.8, 4) is 5.75 Å². The van der Waals surface area contributed by atoms with Crippen molar-refractivity contribution in [3.05, 3.63) is 65.2 Å². The Morgan fingerprint density at radius 3 is 2.35 bits per heavy atom. The van der Waals surface area contributed by atoms with E-state index in [1.165, 1.54) is 5.56 Å². The largest absolute Gasteiger partial charge is 0.497 e. The maximum Gasteiger partial charge on any atom is 0.225 e. The van der Waals surface area contributed by atoms with E-state index in [0.29, 0.717) is 11.0 Å². The summed E-state index contributed by atoms with van der Waals surface area (Å²) in [4.78, 5) is 6.24. The van der Waals surface area contributed by atoms with Crippen LogP contribution in [0.1, 0.15) is 22.9 Å². The molecule has 1 unspecified atom stereocenters. The summed E-state index contributed by atoms with van der Waals surface area (Å²) in [5.41, 5.74) is 3.11. The summed E-state index contributed by atoms with van der Waals surface area (Å²) in [6.45, 7) is 2.05. The van der Waals surface area contributed by atoms with Gasteiger partial charge in [0.05, 0.1) is 7.11 Å². The van der Waals surface area contributed by atoms with Crippen LogP contribution in [0.5, 0.6) is 5.75 Å². The van der Waals surface area contributed by atoms with Crippen LogP contribution < -0.4 is 4.74 Å². The number of nitrogens with zero attached hydrogens (tertiary/aromatic N) is 2. The van der Waals surface area contributed by atoms with Gasteiger partial charge in [-0.2, -0.15) is 4.99 Å². The van der Waals surface area contributed by atoms with Crippen molar-refractivity contribution in [3.63, 3.8) is 0 Å². The maximum absolute atomic E-state index is 6.10. The van der Waals surface area contributed by atoms with Gasteiger partial charge in [-0.15, -0.1) is 0 Å². The number of benzene rings is 2. The standard InChI is InChI=1S/C18H18N2O2S/c1-12-4-6-13(7-5-12)16-19-18(23)20(2)17(22-16)14-8-10-15(21-3)11-9-14/h4-11,17H,1-3H3. The number of methoxy groups -OCH3 is 1. The number of rotatable bonds is 3. The van der Waals surface area contributed by atoms with Crippen molar-refractivity contribution in [1.82, 2.24) is 4.90 Å². The van der Waals surface area contributed by atoms with Gasteiger partial charge >= 0.3 is 0 Å². The Balaban J connectivity index is 1.91. The molecule has 1 aliphatic rings. The van der Waals surface area contributed by atoms with Crippen LogP contribution >= 0.6 is 12.2 Å². The number of hydrogen-bond acceptors (Lipinski definition) is 3. The Hall–Kier alpha value is -2.40. The zero-order valence-corrected chi connectivity index (χ0v) is 14.1. The maximum atomic E-state index is 6.10. The van der Waals surface area contributed by atoms with E-state index < -0.39 is 0 Å². The fraction of sp³-hybridized carbons (Fsp3) is 0.222. The van der Waals surface area contributed by atoms with Crippen LogP contribution in [-0.4, -0.2) is 30.1 Å². The summed E-state index contributed by atoms with van der Waals surface area (Å²) < 4.78 is 11.3. The average Bonchev–Trinajstić information content (AvgIpc) is 2.58. The molecule has 1 aliphatic heterocycles. The zero-order valence-electron chi connectivity index (χ0n) is 13.3. The predicted molar refractivity (Wildman–Crippen MR) is 94.9 cm³/mol. The van der Waals surface area contributed by atoms with Gasteiger partial charge < -0.3 is 14.4 Å². The molecule has 0 aromatic heterocycles. The van der Waals surface area contributed by atoms with E-state index in [1.54, 1.807) is 7.11 Å². The van der Waals surface area contributed by atoms with Crippen molar-refractivity contribution < 1.29 is 9.47 Å². The number of thiocarbonyl (C=S) groups is 1. The topological polar surface area (TPSA) is 34.1 Å². The van der Waals surface area contributed by atoms with E-state index in [0.717, 1.165) is 16.9 Å². The quantitative estimate of drug-likeness (QED) is 0.806. The summed E-state index contributed by atoms with van der Waals surface area (Å²) >= 11 is 5.39. The molecule has 3 rings (SSSR count). The van der Waals surface area contributed by atoms with Crippen LogP contribution in [0.4, 0.5) is 0 Å². The van der Waals surface area contributed by atoms with E-state index in [-0.39, 0.29) is 6.23 Å². The van der Waals surface area contributed by atoms with E-state index >= 15 is 0 Å². The second kappa shape index (κ2) is 6.38. The third-order valence-electron chi connectivity index (χ3n) is 3.77. The number of aliphatic imine (C=N–C) groups is 1. The molecule has 0 saturated heterocycles. The molecule has 0 N–H and O–H groups in total. The normalized spacial score (nSPS) is 17.5. The first-order valence-electron chi connectivity index (χ1n) is 7.31. The molecule has 2 aromatic carbocycles. The lowest BCUT2D eigenvalue weighted by atomic mass is 10.1. The number of ether oxygens (including phenoxy) is 2. The summed E-state index contributed by atoms with van der Waals surface area (Å²) in [6, 6.07) is 15.8. The lowest BCUT2D eigenvalue weighted by Crippen LogP contribution is -2.37. The van der Waals surface area contributed by atoms with E-state index in [4.69, 9.17) is 21.7 Å². The number of hydrogen-bond donors (Lipinski definition) is 0. The lowest BCUT2D eigenvalue weighted by Gasteiger charge is -2.33. The summed E-state index contributed by atoms with van der Waals surface area (Å²) in [5.74, 6) is 1.36.